The zero-order valence-corrected chi connectivity index (χ0v) is 19.9. The van der Waals surface area contributed by atoms with Crippen molar-refractivity contribution in [1.82, 2.24) is 5.32 Å². The Kier molecular flexibility index (Phi) is 9.82. The predicted octanol–water partition coefficient (Wildman–Crippen LogP) is 4.57. The van der Waals surface area contributed by atoms with E-state index in [-0.39, 0.29) is 53.5 Å². The highest BCUT2D eigenvalue weighted by Crippen LogP contribution is 2.37. The topological polar surface area (TPSA) is 117 Å². The fourth-order valence-electron chi connectivity index (χ4n) is 4.01. The molecule has 3 rings (SSSR count). The number of cyclic esters (lactones) is 1. The summed E-state index contributed by atoms with van der Waals surface area (Å²) in [7, 11) is 0. The van der Waals surface area contributed by atoms with Crippen molar-refractivity contribution in [3.8, 4) is 11.5 Å². The van der Waals surface area contributed by atoms with Gasteiger partial charge in [-0.25, -0.2) is 4.79 Å². The van der Waals surface area contributed by atoms with Crippen molar-refractivity contribution in [3.05, 3.63) is 46.5 Å². The van der Waals surface area contributed by atoms with E-state index in [1.807, 2.05) is 18.2 Å². The van der Waals surface area contributed by atoms with E-state index in [1.165, 1.54) is 6.42 Å². The Morgan fingerprint density at radius 1 is 1.12 bits per heavy atom. The number of allylic oxidation sites excluding steroid dienone is 3. The monoisotopic (exact) mass is 490 g/mol. The highest BCUT2D eigenvalue weighted by molar-refractivity contribution is 6.33. The number of carbonyl (C=O) groups excluding carboxylic acids is 2. The highest BCUT2D eigenvalue weighted by atomic mass is 35.5. The quantitative estimate of drug-likeness (QED) is 0.323. The SMILES string of the molecule is O=C(CON=C1C=CCCC=CCCOC(=O)c2c(O)cc(O)c(Cl)c2C1)NC1CCCCC1. The lowest BCUT2D eigenvalue weighted by atomic mass is 9.95. The second-order valence-corrected chi connectivity index (χ2v) is 8.77. The number of rotatable bonds is 4. The van der Waals surface area contributed by atoms with Crippen LogP contribution in [0.5, 0.6) is 11.5 Å². The van der Waals surface area contributed by atoms with E-state index in [9.17, 15) is 19.8 Å². The van der Waals surface area contributed by atoms with E-state index in [0.717, 1.165) is 44.6 Å². The number of fused-ring (bicyclic) bond motifs is 1. The zero-order chi connectivity index (χ0) is 24.3. The summed E-state index contributed by atoms with van der Waals surface area (Å²) in [5.74, 6) is -1.81. The summed E-state index contributed by atoms with van der Waals surface area (Å²) in [4.78, 5) is 30.2. The summed E-state index contributed by atoms with van der Waals surface area (Å²) in [6.07, 6.45) is 14.9. The molecule has 1 aromatic carbocycles. The van der Waals surface area contributed by atoms with Crippen LogP contribution in [-0.2, 0) is 20.8 Å². The zero-order valence-electron chi connectivity index (χ0n) is 19.1. The summed E-state index contributed by atoms with van der Waals surface area (Å²) >= 11 is 6.29. The number of carbonyl (C=O) groups is 2. The van der Waals surface area contributed by atoms with Gasteiger partial charge in [0.15, 0.2) is 6.61 Å². The number of nitrogens with zero attached hydrogens (tertiary/aromatic N) is 1. The lowest BCUT2D eigenvalue weighted by Gasteiger charge is -2.22. The van der Waals surface area contributed by atoms with Gasteiger partial charge < -0.3 is 25.1 Å². The third kappa shape index (κ3) is 7.52. The Hall–Kier alpha value is -3.00. The van der Waals surface area contributed by atoms with Gasteiger partial charge in [-0.1, -0.05) is 54.2 Å². The van der Waals surface area contributed by atoms with E-state index >= 15 is 0 Å². The minimum Gasteiger partial charge on any atom is -0.507 e. The van der Waals surface area contributed by atoms with Crippen molar-refractivity contribution in [2.45, 2.75) is 63.8 Å². The smallest absolute Gasteiger partial charge is 0.342 e. The summed E-state index contributed by atoms with van der Waals surface area (Å²) in [5.41, 5.74) is 0.392. The first-order valence-electron chi connectivity index (χ1n) is 11.7. The van der Waals surface area contributed by atoms with Crippen molar-refractivity contribution >= 4 is 29.2 Å². The van der Waals surface area contributed by atoms with Gasteiger partial charge in [-0.2, -0.15) is 0 Å². The standard InChI is InChI=1S/C25H31ClN2O6/c26-24-19-14-18(28-34-16-22(31)27-17-10-7-5-8-11-17)12-6-3-1-2-4-9-13-33-25(32)23(19)20(29)15-21(24)30/h2,4,6,12,15,17,29-30H,1,3,5,7-11,13-14,16H2,(H,27,31). The van der Waals surface area contributed by atoms with E-state index < -0.39 is 11.7 Å². The Labute approximate surface area is 204 Å². The maximum atomic E-state index is 12.7. The predicted molar refractivity (Wildman–Crippen MR) is 129 cm³/mol. The number of hydrogen-bond acceptors (Lipinski definition) is 7. The van der Waals surface area contributed by atoms with Gasteiger partial charge in [0, 0.05) is 18.5 Å². The van der Waals surface area contributed by atoms with Gasteiger partial charge in [-0.3, -0.25) is 4.79 Å². The number of esters is 1. The molecule has 34 heavy (non-hydrogen) atoms. The molecule has 9 heteroatoms. The lowest BCUT2D eigenvalue weighted by molar-refractivity contribution is -0.126. The Morgan fingerprint density at radius 3 is 2.65 bits per heavy atom. The third-order valence-electron chi connectivity index (χ3n) is 5.73. The molecule has 1 heterocycles. The molecular formula is C25H31ClN2O6. The molecule has 0 aromatic heterocycles. The van der Waals surface area contributed by atoms with Crippen LogP contribution in [0.1, 0.15) is 67.3 Å². The molecule has 0 unspecified atom stereocenters. The molecule has 1 amide bonds. The second kappa shape index (κ2) is 13.0. The molecule has 1 aliphatic heterocycles. The first-order chi connectivity index (χ1) is 16.5. The fraction of sp³-hybridized carbons (Fsp3) is 0.480. The number of hydrogen-bond donors (Lipinski definition) is 3. The number of benzene rings is 1. The maximum absolute atomic E-state index is 12.7. The Bertz CT molecular complexity index is 967. The van der Waals surface area contributed by atoms with Crippen LogP contribution in [-0.4, -0.2) is 47.1 Å². The van der Waals surface area contributed by atoms with Crippen LogP contribution in [0, 0.1) is 0 Å². The molecule has 1 fully saturated rings. The summed E-state index contributed by atoms with van der Waals surface area (Å²) in [5, 5.41) is 27.4. The first kappa shape index (κ1) is 25.6. The molecule has 8 nitrogen and oxygen atoms in total. The van der Waals surface area contributed by atoms with Crippen LogP contribution in [0.3, 0.4) is 0 Å². The molecule has 0 saturated heterocycles. The number of oxime groups is 1. The number of amides is 1. The van der Waals surface area contributed by atoms with Crippen LogP contribution in [0.25, 0.3) is 0 Å². The molecule has 0 atom stereocenters. The lowest BCUT2D eigenvalue weighted by Crippen LogP contribution is -2.38. The molecule has 0 spiro atoms. The van der Waals surface area contributed by atoms with Gasteiger partial charge in [0.2, 0.25) is 0 Å². The largest absolute Gasteiger partial charge is 0.507 e. The number of ether oxygens (including phenoxy) is 1. The van der Waals surface area contributed by atoms with Crippen LogP contribution >= 0.6 is 11.6 Å². The number of halogens is 1. The van der Waals surface area contributed by atoms with Crippen LogP contribution < -0.4 is 5.32 Å². The van der Waals surface area contributed by atoms with E-state index in [4.69, 9.17) is 21.2 Å². The minimum absolute atomic E-state index is 0.0260. The summed E-state index contributed by atoms with van der Waals surface area (Å²) < 4.78 is 5.28. The van der Waals surface area contributed by atoms with Crippen LogP contribution in [0.15, 0.2) is 35.5 Å². The minimum atomic E-state index is -0.754. The van der Waals surface area contributed by atoms with Crippen molar-refractivity contribution in [1.29, 1.82) is 0 Å². The number of aromatic hydroxyl groups is 2. The summed E-state index contributed by atoms with van der Waals surface area (Å²) in [6, 6.07) is 1.17. The van der Waals surface area contributed by atoms with Gasteiger partial charge in [-0.15, -0.1) is 0 Å². The molecule has 184 valence electrons. The first-order valence-corrected chi connectivity index (χ1v) is 12.0. The third-order valence-corrected chi connectivity index (χ3v) is 6.15. The molecule has 0 radical (unpaired) electrons. The highest BCUT2D eigenvalue weighted by Gasteiger charge is 2.24. The Balaban J connectivity index is 1.80. The number of phenols is 2. The van der Waals surface area contributed by atoms with Crippen LogP contribution in [0.4, 0.5) is 0 Å². The molecule has 1 aromatic rings. The van der Waals surface area contributed by atoms with Gasteiger partial charge in [0.05, 0.1) is 17.3 Å². The van der Waals surface area contributed by atoms with Gasteiger partial charge in [0.1, 0.15) is 17.1 Å². The van der Waals surface area contributed by atoms with Crippen molar-refractivity contribution in [2.24, 2.45) is 5.16 Å². The fourth-order valence-corrected chi connectivity index (χ4v) is 4.23. The molecule has 1 saturated carbocycles. The van der Waals surface area contributed by atoms with E-state index in [2.05, 4.69) is 10.5 Å². The molecule has 2 aliphatic rings. The van der Waals surface area contributed by atoms with Crippen molar-refractivity contribution in [3.63, 3.8) is 0 Å². The second-order valence-electron chi connectivity index (χ2n) is 8.39. The maximum Gasteiger partial charge on any atom is 0.342 e. The average molecular weight is 491 g/mol. The van der Waals surface area contributed by atoms with E-state index in [0.29, 0.717) is 12.1 Å². The van der Waals surface area contributed by atoms with Crippen molar-refractivity contribution in [2.75, 3.05) is 13.2 Å². The normalized spacial score (nSPS) is 19.2. The average Bonchev–Trinajstić information content (AvgIpc) is 2.81. The number of phenolic OH excluding ortho intramolecular Hbond substituents is 2. The number of nitrogens with one attached hydrogen (secondary N) is 1. The molecule has 0 bridgehead atoms. The molecular weight excluding hydrogens is 460 g/mol. The van der Waals surface area contributed by atoms with Gasteiger partial charge in [-0.05, 0) is 43.7 Å². The van der Waals surface area contributed by atoms with E-state index in [1.54, 1.807) is 6.08 Å². The van der Waals surface area contributed by atoms with Gasteiger partial charge in [0.25, 0.3) is 5.91 Å². The summed E-state index contributed by atoms with van der Waals surface area (Å²) in [6.45, 7) is -0.104. The van der Waals surface area contributed by atoms with Gasteiger partial charge >= 0.3 is 5.97 Å². The molecule has 1 aliphatic carbocycles. The van der Waals surface area contributed by atoms with Crippen molar-refractivity contribution < 1.29 is 29.4 Å². The van der Waals surface area contributed by atoms with Crippen LogP contribution in [0.2, 0.25) is 5.02 Å². The Morgan fingerprint density at radius 2 is 1.85 bits per heavy atom. The molecule has 3 N–H and O–H groups in total.